The molecule has 3 rings (SSSR count). The number of nitrogens with zero attached hydrogens (tertiary/aromatic N) is 3. The van der Waals surface area contributed by atoms with Gasteiger partial charge in [-0.3, -0.25) is 0 Å². The second-order valence-electron chi connectivity index (χ2n) is 4.88. The highest BCUT2D eigenvalue weighted by Crippen LogP contribution is 2.24. The summed E-state index contributed by atoms with van der Waals surface area (Å²) >= 11 is 6.01. The lowest BCUT2D eigenvalue weighted by atomic mass is 10.1. The molecule has 0 atom stereocenters. The summed E-state index contributed by atoms with van der Waals surface area (Å²) in [5, 5.41) is 0.432. The highest BCUT2D eigenvalue weighted by molar-refractivity contribution is 6.29. The van der Waals surface area contributed by atoms with Gasteiger partial charge in [0.05, 0.1) is 5.69 Å². The van der Waals surface area contributed by atoms with Crippen LogP contribution < -0.4 is 0 Å². The first-order chi connectivity index (χ1) is 10.1. The molecule has 0 fully saturated rings. The number of aromatic nitrogens is 3. The van der Waals surface area contributed by atoms with E-state index in [0.29, 0.717) is 11.0 Å². The van der Waals surface area contributed by atoms with Crippen molar-refractivity contribution in [3.8, 4) is 22.8 Å². The number of hydrogen-bond acceptors (Lipinski definition) is 3. The fraction of sp³-hybridized carbons (Fsp3) is 0.118. The van der Waals surface area contributed by atoms with Crippen LogP contribution >= 0.6 is 11.6 Å². The lowest BCUT2D eigenvalue weighted by molar-refractivity contribution is 1.09. The summed E-state index contributed by atoms with van der Waals surface area (Å²) in [6, 6.07) is 15.8. The van der Waals surface area contributed by atoms with Crippen molar-refractivity contribution in [2.24, 2.45) is 0 Å². The predicted molar refractivity (Wildman–Crippen MR) is 85.2 cm³/mol. The van der Waals surface area contributed by atoms with E-state index in [9.17, 15) is 0 Å². The van der Waals surface area contributed by atoms with Gasteiger partial charge in [-0.2, -0.15) is 0 Å². The summed E-state index contributed by atoms with van der Waals surface area (Å²) in [6.07, 6.45) is 0. The summed E-state index contributed by atoms with van der Waals surface area (Å²) < 4.78 is 0. The second-order valence-corrected chi connectivity index (χ2v) is 5.27. The zero-order valence-corrected chi connectivity index (χ0v) is 12.6. The zero-order valence-electron chi connectivity index (χ0n) is 11.8. The Balaban J connectivity index is 2.13. The molecule has 21 heavy (non-hydrogen) atoms. The first-order valence-electron chi connectivity index (χ1n) is 6.68. The van der Waals surface area contributed by atoms with Gasteiger partial charge in [-0.1, -0.05) is 48.0 Å². The molecule has 0 N–H and O–H groups in total. The van der Waals surface area contributed by atoms with Gasteiger partial charge >= 0.3 is 0 Å². The van der Waals surface area contributed by atoms with E-state index in [-0.39, 0.29) is 0 Å². The van der Waals surface area contributed by atoms with Gasteiger partial charge < -0.3 is 0 Å². The number of halogens is 1. The molecule has 4 heteroatoms. The first-order valence-corrected chi connectivity index (χ1v) is 7.06. The fourth-order valence-electron chi connectivity index (χ4n) is 2.19. The van der Waals surface area contributed by atoms with Crippen molar-refractivity contribution in [3.63, 3.8) is 0 Å². The first kappa shape index (κ1) is 13.7. The minimum atomic E-state index is 0.432. The predicted octanol–water partition coefficient (Wildman–Crippen LogP) is 4.48. The smallest absolute Gasteiger partial charge is 0.179 e. The van der Waals surface area contributed by atoms with E-state index in [2.05, 4.69) is 9.97 Å². The standard InChI is InChI=1S/C17H14ClN3/c1-11-8-9-14(17-19-12(2)10-15(18)21-17)20-16(11)13-6-4-3-5-7-13/h3-10H,1-2H3. The van der Waals surface area contributed by atoms with Crippen LogP contribution in [-0.2, 0) is 0 Å². The molecule has 0 amide bonds. The molecule has 0 spiro atoms. The van der Waals surface area contributed by atoms with E-state index in [4.69, 9.17) is 16.6 Å². The summed E-state index contributed by atoms with van der Waals surface area (Å²) in [5.41, 5.74) is 4.69. The fourth-order valence-corrected chi connectivity index (χ4v) is 2.42. The van der Waals surface area contributed by atoms with E-state index in [1.54, 1.807) is 6.07 Å². The van der Waals surface area contributed by atoms with Gasteiger partial charge in [-0.25, -0.2) is 15.0 Å². The number of hydrogen-bond donors (Lipinski definition) is 0. The maximum Gasteiger partial charge on any atom is 0.179 e. The number of aryl methyl sites for hydroxylation is 2. The second kappa shape index (κ2) is 5.62. The molecular formula is C17H14ClN3. The minimum absolute atomic E-state index is 0.432. The Morgan fingerprint density at radius 3 is 2.33 bits per heavy atom. The normalized spacial score (nSPS) is 10.6. The lowest BCUT2D eigenvalue weighted by Gasteiger charge is -2.08. The van der Waals surface area contributed by atoms with E-state index in [1.807, 2.05) is 56.3 Å². The molecule has 0 unspecified atom stereocenters. The molecule has 0 saturated heterocycles. The van der Waals surface area contributed by atoms with Crippen LogP contribution in [0.15, 0.2) is 48.5 Å². The molecule has 0 aliphatic carbocycles. The zero-order chi connectivity index (χ0) is 14.8. The Bertz CT molecular complexity index is 765. The van der Waals surface area contributed by atoms with Gasteiger partial charge in [0.25, 0.3) is 0 Å². The third kappa shape index (κ3) is 2.93. The Labute approximate surface area is 128 Å². The van der Waals surface area contributed by atoms with Gasteiger partial charge in [0, 0.05) is 11.3 Å². The van der Waals surface area contributed by atoms with Crippen molar-refractivity contribution < 1.29 is 0 Å². The van der Waals surface area contributed by atoms with Gasteiger partial charge in [0.2, 0.25) is 0 Å². The summed E-state index contributed by atoms with van der Waals surface area (Å²) in [6.45, 7) is 3.94. The van der Waals surface area contributed by atoms with Crippen LogP contribution in [0, 0.1) is 13.8 Å². The quantitative estimate of drug-likeness (QED) is 0.654. The maximum atomic E-state index is 6.01. The topological polar surface area (TPSA) is 38.7 Å². The van der Waals surface area contributed by atoms with Gasteiger partial charge in [0.1, 0.15) is 10.8 Å². The van der Waals surface area contributed by atoms with Crippen LogP contribution in [0.25, 0.3) is 22.8 Å². The number of rotatable bonds is 2. The molecule has 1 aromatic carbocycles. The number of pyridine rings is 1. The molecule has 0 saturated carbocycles. The molecule has 104 valence electrons. The molecule has 2 heterocycles. The van der Waals surface area contributed by atoms with Crippen LogP contribution in [0.1, 0.15) is 11.3 Å². The van der Waals surface area contributed by atoms with Crippen LogP contribution in [0.2, 0.25) is 5.15 Å². The highest BCUT2D eigenvalue weighted by atomic mass is 35.5. The van der Waals surface area contributed by atoms with Crippen LogP contribution in [-0.4, -0.2) is 15.0 Å². The summed E-state index contributed by atoms with van der Waals surface area (Å²) in [5.74, 6) is 0.553. The molecule has 0 bridgehead atoms. The van der Waals surface area contributed by atoms with E-state index >= 15 is 0 Å². The van der Waals surface area contributed by atoms with Crippen molar-refractivity contribution >= 4 is 11.6 Å². The summed E-state index contributed by atoms with van der Waals surface area (Å²) in [4.78, 5) is 13.4. The molecule has 0 aliphatic heterocycles. The van der Waals surface area contributed by atoms with Crippen LogP contribution in [0.3, 0.4) is 0 Å². The van der Waals surface area contributed by atoms with Crippen molar-refractivity contribution in [1.29, 1.82) is 0 Å². The van der Waals surface area contributed by atoms with E-state index < -0.39 is 0 Å². The van der Waals surface area contributed by atoms with Crippen molar-refractivity contribution in [2.45, 2.75) is 13.8 Å². The molecule has 3 aromatic rings. The van der Waals surface area contributed by atoms with Gasteiger partial charge in [0.15, 0.2) is 5.82 Å². The third-order valence-corrected chi connectivity index (χ3v) is 3.39. The van der Waals surface area contributed by atoms with Crippen molar-refractivity contribution in [1.82, 2.24) is 15.0 Å². The lowest BCUT2D eigenvalue weighted by Crippen LogP contribution is -1.97. The van der Waals surface area contributed by atoms with Gasteiger partial charge in [-0.05, 0) is 31.5 Å². The van der Waals surface area contributed by atoms with Crippen LogP contribution in [0.4, 0.5) is 0 Å². The molecule has 2 aromatic heterocycles. The highest BCUT2D eigenvalue weighted by Gasteiger charge is 2.09. The Hall–Kier alpha value is -2.26. The van der Waals surface area contributed by atoms with Crippen molar-refractivity contribution in [3.05, 3.63) is 64.9 Å². The van der Waals surface area contributed by atoms with Crippen molar-refractivity contribution in [2.75, 3.05) is 0 Å². The molecule has 0 radical (unpaired) electrons. The largest absolute Gasteiger partial charge is 0.244 e. The SMILES string of the molecule is Cc1cc(Cl)nc(-c2ccc(C)c(-c3ccccc3)n2)n1. The Kier molecular flexibility index (Phi) is 3.67. The monoisotopic (exact) mass is 295 g/mol. The Morgan fingerprint density at radius 2 is 1.62 bits per heavy atom. The average Bonchev–Trinajstić information content (AvgIpc) is 2.47. The van der Waals surface area contributed by atoms with Crippen LogP contribution in [0.5, 0.6) is 0 Å². The van der Waals surface area contributed by atoms with E-state index in [1.165, 1.54) is 0 Å². The average molecular weight is 296 g/mol. The summed E-state index contributed by atoms with van der Waals surface area (Å²) in [7, 11) is 0. The maximum absolute atomic E-state index is 6.01. The van der Waals surface area contributed by atoms with Gasteiger partial charge in [-0.15, -0.1) is 0 Å². The minimum Gasteiger partial charge on any atom is -0.244 e. The molecule has 3 nitrogen and oxygen atoms in total. The molecule has 0 aliphatic rings. The Morgan fingerprint density at radius 1 is 0.857 bits per heavy atom. The number of benzene rings is 1. The molecular weight excluding hydrogens is 282 g/mol. The third-order valence-electron chi connectivity index (χ3n) is 3.20. The van der Waals surface area contributed by atoms with E-state index in [0.717, 1.165) is 28.2 Å².